The van der Waals surface area contributed by atoms with Gasteiger partial charge in [0, 0.05) is 31.1 Å². The fourth-order valence-electron chi connectivity index (χ4n) is 4.32. The maximum Gasteiger partial charge on any atom is 0.147 e. The van der Waals surface area contributed by atoms with Gasteiger partial charge >= 0.3 is 0 Å². The van der Waals surface area contributed by atoms with E-state index in [-0.39, 0.29) is 0 Å². The van der Waals surface area contributed by atoms with E-state index >= 15 is 0 Å². The summed E-state index contributed by atoms with van der Waals surface area (Å²) in [4.78, 5) is 2.49. The van der Waals surface area contributed by atoms with Crippen LogP contribution in [0.15, 0.2) is 12.1 Å². The van der Waals surface area contributed by atoms with Gasteiger partial charge in [0.25, 0.3) is 0 Å². The van der Waals surface area contributed by atoms with Crippen LogP contribution in [0.1, 0.15) is 60.4 Å². The third kappa shape index (κ3) is 2.84. The van der Waals surface area contributed by atoms with Crippen LogP contribution in [0.3, 0.4) is 0 Å². The van der Waals surface area contributed by atoms with Gasteiger partial charge in [0.2, 0.25) is 0 Å². The molecule has 0 unspecified atom stereocenters. The second-order valence-electron chi connectivity index (χ2n) is 7.63. The van der Waals surface area contributed by atoms with E-state index < -0.39 is 0 Å². The molecule has 0 amide bonds. The van der Waals surface area contributed by atoms with Crippen LogP contribution < -0.4 is 4.74 Å². The zero-order chi connectivity index (χ0) is 16.8. The lowest BCUT2D eigenvalue weighted by atomic mass is 10.0. The van der Waals surface area contributed by atoms with Gasteiger partial charge in [-0.3, -0.25) is 4.90 Å². The van der Waals surface area contributed by atoms with Crippen LogP contribution in [-0.2, 0) is 32.5 Å². The maximum absolute atomic E-state index is 5.96. The summed E-state index contributed by atoms with van der Waals surface area (Å²) in [6, 6.07) is 4.68. The third-order valence-corrected chi connectivity index (χ3v) is 5.77. The Morgan fingerprint density at radius 1 is 1.12 bits per heavy atom. The molecule has 25 heavy (non-hydrogen) atoms. The molecule has 2 heterocycles. The van der Waals surface area contributed by atoms with Crippen molar-refractivity contribution in [2.45, 2.75) is 64.6 Å². The number of aryl methyl sites for hydroxylation is 2. The van der Waals surface area contributed by atoms with Gasteiger partial charge in [-0.2, -0.15) is 0 Å². The van der Waals surface area contributed by atoms with E-state index in [0.29, 0.717) is 5.92 Å². The van der Waals surface area contributed by atoms with Crippen molar-refractivity contribution in [1.82, 2.24) is 19.7 Å². The minimum Gasteiger partial charge on any atom is -0.494 e. The summed E-state index contributed by atoms with van der Waals surface area (Å²) >= 11 is 0. The van der Waals surface area contributed by atoms with Gasteiger partial charge < -0.3 is 9.30 Å². The van der Waals surface area contributed by atoms with Gasteiger partial charge in [0.1, 0.15) is 17.4 Å². The van der Waals surface area contributed by atoms with Crippen molar-refractivity contribution in [3.8, 4) is 5.75 Å². The second-order valence-corrected chi connectivity index (χ2v) is 7.63. The topological polar surface area (TPSA) is 43.2 Å². The number of fused-ring (bicyclic) bond motifs is 2. The molecule has 1 aromatic heterocycles. The van der Waals surface area contributed by atoms with E-state index in [1.807, 2.05) is 0 Å². The van der Waals surface area contributed by atoms with Crippen LogP contribution in [0.4, 0.5) is 0 Å². The third-order valence-electron chi connectivity index (χ3n) is 5.77. The first kappa shape index (κ1) is 15.4. The van der Waals surface area contributed by atoms with Crippen molar-refractivity contribution < 1.29 is 4.74 Å². The molecule has 5 nitrogen and oxygen atoms in total. The van der Waals surface area contributed by atoms with Crippen molar-refractivity contribution in [2.75, 3.05) is 13.2 Å². The first-order chi connectivity index (χ1) is 12.3. The van der Waals surface area contributed by atoms with Crippen LogP contribution in [0, 0.1) is 0 Å². The summed E-state index contributed by atoms with van der Waals surface area (Å²) in [5.74, 6) is 4.11. The summed E-state index contributed by atoms with van der Waals surface area (Å²) < 4.78 is 8.32. The summed E-state index contributed by atoms with van der Waals surface area (Å²) in [5, 5.41) is 8.92. The molecular weight excluding hydrogens is 312 g/mol. The van der Waals surface area contributed by atoms with Crippen LogP contribution >= 0.6 is 0 Å². The van der Waals surface area contributed by atoms with Crippen molar-refractivity contribution in [2.24, 2.45) is 0 Å². The highest BCUT2D eigenvalue weighted by Gasteiger charge is 2.32. The molecule has 132 valence electrons. The summed E-state index contributed by atoms with van der Waals surface area (Å²) in [6.45, 7) is 6.71. The monoisotopic (exact) mass is 338 g/mol. The first-order valence-corrected chi connectivity index (χ1v) is 9.73. The highest BCUT2D eigenvalue weighted by Crippen LogP contribution is 2.39. The lowest BCUT2D eigenvalue weighted by Crippen LogP contribution is -2.34. The SMILES string of the molecule is CCOc1cc2c(cc1CN1CCn3c(nnc3C3CC3)C1)CCC2. The lowest BCUT2D eigenvalue weighted by molar-refractivity contribution is 0.203. The number of nitrogens with zero attached hydrogens (tertiary/aromatic N) is 4. The Hall–Kier alpha value is -1.88. The molecule has 2 aliphatic carbocycles. The van der Waals surface area contributed by atoms with Crippen LogP contribution in [0.25, 0.3) is 0 Å². The zero-order valence-electron chi connectivity index (χ0n) is 15.0. The van der Waals surface area contributed by atoms with Gasteiger partial charge in [0.15, 0.2) is 0 Å². The molecule has 1 fully saturated rings. The Morgan fingerprint density at radius 2 is 1.96 bits per heavy atom. The molecule has 0 atom stereocenters. The second kappa shape index (κ2) is 6.13. The van der Waals surface area contributed by atoms with E-state index in [4.69, 9.17) is 4.74 Å². The van der Waals surface area contributed by atoms with Gasteiger partial charge in [0.05, 0.1) is 13.2 Å². The van der Waals surface area contributed by atoms with Gasteiger partial charge in [-0.1, -0.05) is 6.07 Å². The molecule has 0 spiro atoms. The van der Waals surface area contributed by atoms with Crippen molar-refractivity contribution >= 4 is 0 Å². The molecule has 1 aliphatic heterocycles. The van der Waals surface area contributed by atoms with Gasteiger partial charge in [-0.15, -0.1) is 10.2 Å². The van der Waals surface area contributed by atoms with Crippen molar-refractivity contribution in [1.29, 1.82) is 0 Å². The summed E-state index contributed by atoms with van der Waals surface area (Å²) in [6.07, 6.45) is 6.27. The van der Waals surface area contributed by atoms with Crippen LogP contribution in [0.2, 0.25) is 0 Å². The number of aromatic nitrogens is 3. The zero-order valence-corrected chi connectivity index (χ0v) is 15.0. The van der Waals surface area contributed by atoms with E-state index in [1.165, 1.54) is 54.6 Å². The molecule has 5 heteroatoms. The Balaban J connectivity index is 1.36. The fraction of sp³-hybridized carbons (Fsp3) is 0.600. The lowest BCUT2D eigenvalue weighted by Gasteiger charge is -2.28. The quantitative estimate of drug-likeness (QED) is 0.840. The molecule has 2 aromatic rings. The van der Waals surface area contributed by atoms with Crippen LogP contribution in [-0.4, -0.2) is 32.8 Å². The highest BCUT2D eigenvalue weighted by atomic mass is 16.5. The highest BCUT2D eigenvalue weighted by molar-refractivity contribution is 5.45. The van der Waals surface area contributed by atoms with E-state index in [1.54, 1.807) is 0 Å². The molecule has 1 aromatic carbocycles. The molecular formula is C20H26N4O. The predicted octanol–water partition coefficient (Wildman–Crippen LogP) is 3.06. The minimum atomic E-state index is 0.675. The van der Waals surface area contributed by atoms with Crippen molar-refractivity contribution in [3.05, 3.63) is 40.5 Å². The van der Waals surface area contributed by atoms with Gasteiger partial charge in [-0.25, -0.2) is 0 Å². The normalized spacial score (nSPS) is 19.7. The van der Waals surface area contributed by atoms with Crippen LogP contribution in [0.5, 0.6) is 5.75 Å². The maximum atomic E-state index is 5.96. The fourth-order valence-corrected chi connectivity index (χ4v) is 4.32. The van der Waals surface area contributed by atoms with E-state index in [2.05, 4.69) is 38.7 Å². The van der Waals surface area contributed by atoms with Gasteiger partial charge in [-0.05, 0) is 56.2 Å². The number of hydrogen-bond acceptors (Lipinski definition) is 4. The molecule has 0 saturated heterocycles. The Morgan fingerprint density at radius 3 is 2.76 bits per heavy atom. The Bertz CT molecular complexity index is 793. The predicted molar refractivity (Wildman–Crippen MR) is 95.7 cm³/mol. The number of benzene rings is 1. The minimum absolute atomic E-state index is 0.675. The molecule has 3 aliphatic rings. The summed E-state index contributed by atoms with van der Waals surface area (Å²) in [5.41, 5.74) is 4.34. The average molecular weight is 338 g/mol. The molecule has 0 bridgehead atoms. The molecule has 0 N–H and O–H groups in total. The Kier molecular flexibility index (Phi) is 3.77. The molecule has 5 rings (SSSR count). The number of ether oxygens (including phenoxy) is 1. The van der Waals surface area contributed by atoms with E-state index in [0.717, 1.165) is 44.4 Å². The Labute approximate surface area is 149 Å². The van der Waals surface area contributed by atoms with Crippen molar-refractivity contribution in [3.63, 3.8) is 0 Å². The average Bonchev–Trinajstić information content (AvgIpc) is 3.21. The molecule has 0 radical (unpaired) electrons. The first-order valence-electron chi connectivity index (χ1n) is 9.73. The molecule has 1 saturated carbocycles. The summed E-state index contributed by atoms with van der Waals surface area (Å²) in [7, 11) is 0. The number of rotatable bonds is 5. The van der Waals surface area contributed by atoms with E-state index in [9.17, 15) is 0 Å². The standard InChI is InChI=1S/C20H26N4O/c1-2-25-18-11-16-5-3-4-15(16)10-17(18)12-23-8-9-24-19(13-23)21-22-20(24)14-6-7-14/h10-11,14H,2-9,12-13H2,1H3. The smallest absolute Gasteiger partial charge is 0.147 e. The number of hydrogen-bond donors (Lipinski definition) is 0. The largest absolute Gasteiger partial charge is 0.494 e.